The van der Waals surface area contributed by atoms with Crippen LogP contribution in [0.5, 0.6) is 0 Å². The Morgan fingerprint density at radius 1 is 1.06 bits per heavy atom. The third-order valence-electron chi connectivity index (χ3n) is 7.20. The summed E-state index contributed by atoms with van der Waals surface area (Å²) in [5, 5.41) is 16.6. The van der Waals surface area contributed by atoms with Crippen LogP contribution in [0, 0.1) is 11.8 Å². The molecule has 166 valence electrons. The van der Waals surface area contributed by atoms with Gasteiger partial charge in [-0.15, -0.1) is 0 Å². The van der Waals surface area contributed by atoms with Gasteiger partial charge in [0, 0.05) is 23.8 Å². The second kappa shape index (κ2) is 7.53. The number of aliphatic hydroxyl groups is 1. The molecular weight excluding hydrogens is 406 g/mol. The highest BCUT2D eigenvalue weighted by atomic mass is 16.3. The fourth-order valence-electron chi connectivity index (χ4n) is 5.58. The fraction of sp³-hybridized carbons (Fsp3) is 0.400. The van der Waals surface area contributed by atoms with Crippen LogP contribution in [-0.2, 0) is 32.8 Å². The molecule has 5 atom stereocenters. The van der Waals surface area contributed by atoms with Gasteiger partial charge in [-0.1, -0.05) is 49.4 Å². The predicted octanol–water partition coefficient (Wildman–Crippen LogP) is 1.59. The lowest BCUT2D eigenvalue weighted by atomic mass is 9.76. The number of imide groups is 1. The van der Waals surface area contributed by atoms with Gasteiger partial charge in [0.2, 0.25) is 17.7 Å². The van der Waals surface area contributed by atoms with Crippen LogP contribution < -0.4 is 10.6 Å². The lowest BCUT2D eigenvalue weighted by molar-refractivity contribution is -0.143. The average Bonchev–Trinajstić information content (AvgIpc) is 3.38. The number of aryl methyl sites for hydroxylation is 1. The van der Waals surface area contributed by atoms with Crippen LogP contribution in [0.3, 0.4) is 0 Å². The molecule has 7 nitrogen and oxygen atoms in total. The minimum Gasteiger partial charge on any atom is -0.392 e. The van der Waals surface area contributed by atoms with Crippen molar-refractivity contribution in [2.45, 2.75) is 44.4 Å². The highest BCUT2D eigenvalue weighted by Crippen LogP contribution is 2.53. The van der Waals surface area contributed by atoms with E-state index in [1.54, 1.807) is 6.92 Å². The molecule has 3 amide bonds. The van der Waals surface area contributed by atoms with Crippen molar-refractivity contribution in [3.05, 3.63) is 65.2 Å². The van der Waals surface area contributed by atoms with E-state index < -0.39 is 29.5 Å². The van der Waals surface area contributed by atoms with Crippen LogP contribution in [-0.4, -0.2) is 46.4 Å². The molecule has 5 rings (SSSR count). The molecule has 0 radical (unpaired) electrons. The van der Waals surface area contributed by atoms with Crippen LogP contribution in [0.1, 0.15) is 30.5 Å². The Labute approximate surface area is 186 Å². The number of anilines is 1. The number of rotatable bonds is 5. The van der Waals surface area contributed by atoms with Gasteiger partial charge in [-0.2, -0.15) is 0 Å². The summed E-state index contributed by atoms with van der Waals surface area (Å²) in [6.45, 7) is 3.87. The van der Waals surface area contributed by atoms with E-state index in [0.717, 1.165) is 17.5 Å². The molecule has 2 aromatic rings. The molecule has 0 aliphatic carbocycles. The van der Waals surface area contributed by atoms with Crippen molar-refractivity contribution >= 4 is 23.4 Å². The zero-order valence-corrected chi connectivity index (χ0v) is 18.2. The summed E-state index contributed by atoms with van der Waals surface area (Å²) < 4.78 is 0. The van der Waals surface area contributed by atoms with E-state index >= 15 is 0 Å². The van der Waals surface area contributed by atoms with E-state index in [1.165, 1.54) is 4.90 Å². The third kappa shape index (κ3) is 2.84. The summed E-state index contributed by atoms with van der Waals surface area (Å²) in [7, 11) is 0. The van der Waals surface area contributed by atoms with Crippen LogP contribution in [0.25, 0.3) is 0 Å². The summed E-state index contributed by atoms with van der Waals surface area (Å²) in [4.78, 5) is 41.8. The molecular formula is C25H27N3O4. The molecule has 0 unspecified atom stereocenters. The highest BCUT2D eigenvalue weighted by Gasteiger charge is 2.71. The molecule has 2 saturated heterocycles. The van der Waals surface area contributed by atoms with Crippen molar-refractivity contribution in [2.24, 2.45) is 11.8 Å². The first kappa shape index (κ1) is 20.8. The first-order valence-corrected chi connectivity index (χ1v) is 11.2. The maximum atomic E-state index is 13.7. The van der Waals surface area contributed by atoms with Crippen LogP contribution in [0.15, 0.2) is 48.5 Å². The number of aliphatic hydroxyl groups excluding tert-OH is 1. The smallest absolute Gasteiger partial charge is 0.250 e. The molecule has 3 heterocycles. The molecule has 3 aliphatic rings. The Hall–Kier alpha value is -3.03. The van der Waals surface area contributed by atoms with Crippen molar-refractivity contribution in [1.29, 1.82) is 0 Å². The maximum Gasteiger partial charge on any atom is 0.250 e. The van der Waals surface area contributed by atoms with Gasteiger partial charge in [-0.05, 0) is 37.0 Å². The van der Waals surface area contributed by atoms with Crippen molar-refractivity contribution < 1.29 is 19.5 Å². The van der Waals surface area contributed by atoms with Gasteiger partial charge in [0.05, 0.1) is 17.9 Å². The summed E-state index contributed by atoms with van der Waals surface area (Å²) in [6.07, 6.45) is 0.417. The molecule has 3 N–H and O–H groups in total. The Bertz CT molecular complexity index is 1100. The second-order valence-electron chi connectivity index (χ2n) is 8.97. The first-order chi connectivity index (χ1) is 15.4. The number of amides is 3. The topological polar surface area (TPSA) is 98.7 Å². The number of hydrogen-bond donors (Lipinski definition) is 3. The first-order valence-electron chi connectivity index (χ1n) is 11.2. The molecule has 32 heavy (non-hydrogen) atoms. The fourth-order valence-corrected chi connectivity index (χ4v) is 5.58. The molecule has 0 saturated carbocycles. The van der Waals surface area contributed by atoms with Gasteiger partial charge < -0.3 is 10.4 Å². The van der Waals surface area contributed by atoms with Crippen LogP contribution in [0.2, 0.25) is 0 Å². The molecule has 0 aromatic heterocycles. The van der Waals surface area contributed by atoms with Crippen LogP contribution >= 0.6 is 0 Å². The molecule has 3 aliphatic heterocycles. The number of carbonyl (C=O) groups excluding carboxylic acids is 3. The average molecular weight is 434 g/mol. The number of benzene rings is 2. The highest BCUT2D eigenvalue weighted by molar-refractivity contribution is 6.15. The van der Waals surface area contributed by atoms with Gasteiger partial charge in [-0.3, -0.25) is 24.6 Å². The van der Waals surface area contributed by atoms with E-state index in [4.69, 9.17) is 0 Å². The lowest BCUT2D eigenvalue weighted by Crippen LogP contribution is -2.55. The molecule has 1 spiro atoms. The Kier molecular flexibility index (Phi) is 4.91. The largest absolute Gasteiger partial charge is 0.392 e. The van der Waals surface area contributed by atoms with Crippen molar-refractivity contribution in [1.82, 2.24) is 10.2 Å². The van der Waals surface area contributed by atoms with E-state index in [2.05, 4.69) is 10.6 Å². The molecule has 2 fully saturated rings. The van der Waals surface area contributed by atoms with E-state index in [-0.39, 0.29) is 24.3 Å². The Morgan fingerprint density at radius 2 is 1.81 bits per heavy atom. The second-order valence-corrected chi connectivity index (χ2v) is 8.97. The summed E-state index contributed by atoms with van der Waals surface area (Å²) in [5.41, 5.74) is 2.04. The normalized spacial score (nSPS) is 29.4. The Balaban J connectivity index is 1.56. The van der Waals surface area contributed by atoms with Gasteiger partial charge in [0.15, 0.2) is 0 Å². The standard InChI is InChI=1S/C25H27N3O4/c1-3-15-9-10-18-17(13-15)25(24(32)26-18)20-19(21(27-25)14(2)29)22(30)28(23(20)31)12-11-16-7-5-4-6-8-16/h4-10,13-14,19-21,27,29H,3,11-12H2,1-2H3,(H,26,32)/t14-,19+,20-,21-,25-/m1/s1. The monoisotopic (exact) mass is 433 g/mol. The van der Waals surface area contributed by atoms with Crippen LogP contribution in [0.4, 0.5) is 5.69 Å². The molecule has 7 heteroatoms. The van der Waals surface area contributed by atoms with E-state index in [9.17, 15) is 19.5 Å². The van der Waals surface area contributed by atoms with Crippen molar-refractivity contribution in [3.8, 4) is 0 Å². The summed E-state index contributed by atoms with van der Waals surface area (Å²) in [5.74, 6) is -2.69. The number of likely N-dealkylation sites (tertiary alicyclic amines) is 1. The number of nitrogens with zero attached hydrogens (tertiary/aromatic N) is 1. The SMILES string of the molecule is CCc1ccc2c(c1)[C@]1(N[C@H]([C@@H](C)O)[C@H]3C(=O)N(CCc4ccccc4)C(=O)[C@@H]31)C(=O)N2. The van der Waals surface area contributed by atoms with Crippen molar-refractivity contribution in [3.63, 3.8) is 0 Å². The van der Waals surface area contributed by atoms with Crippen molar-refractivity contribution in [2.75, 3.05) is 11.9 Å². The third-order valence-corrected chi connectivity index (χ3v) is 7.20. The van der Waals surface area contributed by atoms with Gasteiger partial charge in [0.1, 0.15) is 5.54 Å². The quantitative estimate of drug-likeness (QED) is 0.622. The number of fused-ring (bicyclic) bond motifs is 4. The summed E-state index contributed by atoms with van der Waals surface area (Å²) in [6, 6.07) is 14.7. The minimum absolute atomic E-state index is 0.251. The number of hydrogen-bond acceptors (Lipinski definition) is 5. The minimum atomic E-state index is -1.36. The van der Waals surface area contributed by atoms with E-state index in [0.29, 0.717) is 17.7 Å². The molecule has 2 aromatic carbocycles. The number of carbonyl (C=O) groups is 3. The summed E-state index contributed by atoms with van der Waals surface area (Å²) >= 11 is 0. The zero-order chi connectivity index (χ0) is 22.6. The molecule has 0 bridgehead atoms. The van der Waals surface area contributed by atoms with Gasteiger partial charge in [0.25, 0.3) is 0 Å². The predicted molar refractivity (Wildman–Crippen MR) is 119 cm³/mol. The van der Waals surface area contributed by atoms with Gasteiger partial charge in [-0.25, -0.2) is 0 Å². The lowest BCUT2D eigenvalue weighted by Gasteiger charge is -2.30. The van der Waals surface area contributed by atoms with Gasteiger partial charge >= 0.3 is 0 Å². The maximum absolute atomic E-state index is 13.7. The van der Waals surface area contributed by atoms with E-state index in [1.807, 2.05) is 55.5 Å². The Morgan fingerprint density at radius 3 is 2.50 bits per heavy atom. The zero-order valence-electron chi connectivity index (χ0n) is 18.2. The number of nitrogens with one attached hydrogen (secondary N) is 2.